The number of amides is 2. The number of carboxylic acid groups (broad SMARTS) is 1. The van der Waals surface area contributed by atoms with Crippen LogP contribution in [-0.2, 0) is 20.8 Å². The van der Waals surface area contributed by atoms with Crippen molar-refractivity contribution in [3.8, 4) is 0 Å². The van der Waals surface area contributed by atoms with Crippen LogP contribution in [0.4, 0.5) is 0 Å². The Morgan fingerprint density at radius 1 is 1.14 bits per heavy atom. The number of hydrogen-bond acceptors (Lipinski definition) is 4. The summed E-state index contributed by atoms with van der Waals surface area (Å²) in [4.78, 5) is 39.3. The lowest BCUT2D eigenvalue weighted by Gasteiger charge is -2.22. The largest absolute Gasteiger partial charge is 0.480 e. The quantitative estimate of drug-likeness (QED) is 0.439. The van der Waals surface area contributed by atoms with Crippen molar-refractivity contribution in [1.82, 2.24) is 15.6 Å². The highest BCUT2D eigenvalue weighted by molar-refractivity contribution is 5.92. The second-order valence-electron chi connectivity index (χ2n) is 7.10. The summed E-state index contributed by atoms with van der Waals surface area (Å²) in [5, 5.41) is 15.5. The van der Waals surface area contributed by atoms with Crippen LogP contribution >= 0.6 is 0 Å². The minimum Gasteiger partial charge on any atom is -0.480 e. The van der Waals surface area contributed by atoms with Gasteiger partial charge in [-0.2, -0.15) is 0 Å². The Kier molecular flexibility index (Phi) is 7.17. The monoisotopic (exact) mass is 388 g/mol. The smallest absolute Gasteiger partial charge is 0.326 e. The first-order chi connectivity index (χ1) is 13.2. The Morgan fingerprint density at radius 3 is 2.46 bits per heavy atom. The van der Waals surface area contributed by atoms with Gasteiger partial charge in [0.1, 0.15) is 12.1 Å². The molecule has 0 aliphatic carbocycles. The molecule has 8 heteroatoms. The molecule has 152 valence electrons. The number of aromatic amines is 1. The fourth-order valence-electron chi connectivity index (χ4n) is 2.90. The molecule has 28 heavy (non-hydrogen) atoms. The number of nitrogens with two attached hydrogens (primary N) is 1. The van der Waals surface area contributed by atoms with Gasteiger partial charge >= 0.3 is 5.97 Å². The minimum atomic E-state index is -1.14. The molecule has 4 atom stereocenters. The third-order valence-corrected chi connectivity index (χ3v) is 5.03. The third kappa shape index (κ3) is 5.10. The number of carbonyl (C=O) groups excluding carboxylic acids is 2. The van der Waals surface area contributed by atoms with Crippen LogP contribution in [0, 0.1) is 5.92 Å². The van der Waals surface area contributed by atoms with Crippen molar-refractivity contribution < 1.29 is 19.5 Å². The summed E-state index contributed by atoms with van der Waals surface area (Å²) in [7, 11) is 0. The number of para-hydroxylation sites is 1. The second-order valence-corrected chi connectivity index (χ2v) is 7.10. The lowest BCUT2D eigenvalue weighted by Crippen LogP contribution is -2.54. The average Bonchev–Trinajstić information content (AvgIpc) is 3.08. The minimum absolute atomic E-state index is 0.0242. The second kappa shape index (κ2) is 9.36. The fraction of sp³-hybridized carbons (Fsp3) is 0.450. The zero-order valence-electron chi connectivity index (χ0n) is 16.4. The van der Waals surface area contributed by atoms with Gasteiger partial charge in [0, 0.05) is 23.5 Å². The number of aliphatic carboxylic acids is 1. The number of benzene rings is 1. The number of carboxylic acids is 1. The first kappa shape index (κ1) is 21.4. The van der Waals surface area contributed by atoms with E-state index in [1.165, 1.54) is 6.92 Å². The lowest BCUT2D eigenvalue weighted by molar-refractivity contribution is -0.142. The molecule has 2 rings (SSSR count). The summed E-state index contributed by atoms with van der Waals surface area (Å²) >= 11 is 0. The summed E-state index contributed by atoms with van der Waals surface area (Å²) in [5.41, 5.74) is 7.56. The van der Waals surface area contributed by atoms with Gasteiger partial charge in [0.05, 0.1) is 6.04 Å². The van der Waals surface area contributed by atoms with Crippen LogP contribution in [0.5, 0.6) is 0 Å². The predicted octanol–water partition coefficient (Wildman–Crippen LogP) is 1.16. The number of H-pyrrole nitrogens is 1. The normalized spacial score (nSPS) is 15.4. The van der Waals surface area contributed by atoms with Gasteiger partial charge in [-0.3, -0.25) is 9.59 Å². The van der Waals surface area contributed by atoms with E-state index in [1.54, 1.807) is 6.20 Å². The maximum absolute atomic E-state index is 12.4. The molecule has 0 saturated carbocycles. The lowest BCUT2D eigenvalue weighted by atomic mass is 9.99. The van der Waals surface area contributed by atoms with Crippen molar-refractivity contribution >= 4 is 28.7 Å². The van der Waals surface area contributed by atoms with Crippen molar-refractivity contribution in [3.05, 3.63) is 36.0 Å². The fourth-order valence-corrected chi connectivity index (χ4v) is 2.90. The van der Waals surface area contributed by atoms with Crippen molar-refractivity contribution in [2.75, 3.05) is 0 Å². The summed E-state index contributed by atoms with van der Waals surface area (Å²) in [6.45, 7) is 5.29. The Bertz CT molecular complexity index is 848. The molecular formula is C20H28N4O4. The predicted molar refractivity (Wildman–Crippen MR) is 107 cm³/mol. The molecule has 1 heterocycles. The van der Waals surface area contributed by atoms with Gasteiger partial charge in [-0.05, 0) is 24.5 Å². The molecule has 0 radical (unpaired) electrons. The van der Waals surface area contributed by atoms with Crippen LogP contribution in [0.3, 0.4) is 0 Å². The molecule has 0 fully saturated rings. The molecule has 0 bridgehead atoms. The molecule has 2 amide bonds. The number of aromatic nitrogens is 1. The van der Waals surface area contributed by atoms with Crippen molar-refractivity contribution in [2.45, 2.75) is 51.7 Å². The van der Waals surface area contributed by atoms with E-state index in [9.17, 15) is 19.5 Å². The third-order valence-electron chi connectivity index (χ3n) is 5.03. The number of rotatable bonds is 9. The van der Waals surface area contributed by atoms with Crippen LogP contribution < -0.4 is 16.4 Å². The molecule has 0 spiro atoms. The topological polar surface area (TPSA) is 137 Å². The first-order valence-corrected chi connectivity index (χ1v) is 9.38. The zero-order valence-corrected chi connectivity index (χ0v) is 16.4. The molecule has 0 saturated heterocycles. The highest BCUT2D eigenvalue weighted by atomic mass is 16.4. The van der Waals surface area contributed by atoms with E-state index in [0.717, 1.165) is 22.9 Å². The summed E-state index contributed by atoms with van der Waals surface area (Å²) in [6, 6.07) is 4.80. The van der Waals surface area contributed by atoms with Crippen LogP contribution in [0.15, 0.2) is 30.5 Å². The zero-order chi connectivity index (χ0) is 20.8. The molecule has 6 N–H and O–H groups in total. The van der Waals surface area contributed by atoms with Gasteiger partial charge in [-0.1, -0.05) is 38.5 Å². The van der Waals surface area contributed by atoms with Crippen molar-refractivity contribution in [3.63, 3.8) is 0 Å². The molecule has 1 aromatic heterocycles. The van der Waals surface area contributed by atoms with E-state index in [1.807, 2.05) is 38.1 Å². The van der Waals surface area contributed by atoms with E-state index < -0.39 is 35.9 Å². The van der Waals surface area contributed by atoms with Crippen LogP contribution in [0.1, 0.15) is 32.8 Å². The van der Waals surface area contributed by atoms with Gasteiger partial charge in [0.15, 0.2) is 0 Å². The number of carbonyl (C=O) groups is 3. The maximum atomic E-state index is 12.4. The molecule has 8 nitrogen and oxygen atoms in total. The molecule has 2 aromatic rings. The van der Waals surface area contributed by atoms with Gasteiger partial charge < -0.3 is 26.5 Å². The highest BCUT2D eigenvalue weighted by Gasteiger charge is 2.27. The van der Waals surface area contributed by atoms with Crippen molar-refractivity contribution in [1.29, 1.82) is 0 Å². The molecular weight excluding hydrogens is 360 g/mol. The van der Waals surface area contributed by atoms with Crippen LogP contribution in [-0.4, -0.2) is 46.0 Å². The van der Waals surface area contributed by atoms with Crippen LogP contribution in [0.2, 0.25) is 0 Å². The Morgan fingerprint density at radius 2 is 1.82 bits per heavy atom. The van der Waals surface area contributed by atoms with Crippen LogP contribution in [0.25, 0.3) is 10.9 Å². The van der Waals surface area contributed by atoms with E-state index >= 15 is 0 Å². The Balaban J connectivity index is 2.02. The first-order valence-electron chi connectivity index (χ1n) is 9.38. The molecule has 4 unspecified atom stereocenters. The molecule has 0 aliphatic heterocycles. The van der Waals surface area contributed by atoms with Crippen molar-refractivity contribution in [2.24, 2.45) is 11.7 Å². The highest BCUT2D eigenvalue weighted by Crippen LogP contribution is 2.19. The molecule has 0 aliphatic rings. The van der Waals surface area contributed by atoms with Gasteiger partial charge in [0.25, 0.3) is 0 Å². The van der Waals surface area contributed by atoms with E-state index in [0.29, 0.717) is 0 Å². The van der Waals surface area contributed by atoms with Gasteiger partial charge in [0.2, 0.25) is 11.8 Å². The summed E-state index contributed by atoms with van der Waals surface area (Å²) in [5.74, 6) is -2.17. The standard InChI is InChI=1S/C20H28N4O4/c1-4-11(2)17(21)19(26)23-12(3)18(25)24-16(20(27)28)9-13-10-22-15-8-6-5-7-14(13)15/h5-8,10-12,16-17,22H,4,9,21H2,1-3H3,(H,23,26)(H,24,25)(H,27,28). The maximum Gasteiger partial charge on any atom is 0.326 e. The van der Waals surface area contributed by atoms with E-state index in [2.05, 4.69) is 15.6 Å². The van der Waals surface area contributed by atoms with Gasteiger partial charge in [-0.25, -0.2) is 4.79 Å². The Hall–Kier alpha value is -2.87. The number of hydrogen-bond donors (Lipinski definition) is 5. The van der Waals surface area contributed by atoms with Gasteiger partial charge in [-0.15, -0.1) is 0 Å². The van der Waals surface area contributed by atoms with E-state index in [-0.39, 0.29) is 12.3 Å². The number of nitrogens with one attached hydrogen (secondary N) is 3. The van der Waals surface area contributed by atoms with E-state index in [4.69, 9.17) is 5.73 Å². The average molecular weight is 388 g/mol. The molecule has 1 aromatic carbocycles. The summed E-state index contributed by atoms with van der Waals surface area (Å²) in [6.07, 6.45) is 2.60. The Labute approximate surface area is 163 Å². The summed E-state index contributed by atoms with van der Waals surface area (Å²) < 4.78 is 0. The SMILES string of the molecule is CCC(C)C(N)C(=O)NC(C)C(=O)NC(Cc1c[nH]c2ccccc12)C(=O)O. The number of fused-ring (bicyclic) bond motifs is 1.